The lowest BCUT2D eigenvalue weighted by molar-refractivity contribution is -0.143. The molecule has 0 saturated carbocycles. The van der Waals surface area contributed by atoms with E-state index in [4.69, 9.17) is 4.74 Å². The predicted octanol–water partition coefficient (Wildman–Crippen LogP) is 6.61. The fraction of sp³-hybridized carbons (Fsp3) is 0.200. The van der Waals surface area contributed by atoms with Gasteiger partial charge in [-0.15, -0.1) is 0 Å². The zero-order chi connectivity index (χ0) is 22.8. The molecule has 0 fully saturated rings. The van der Waals surface area contributed by atoms with Crippen molar-refractivity contribution >= 4 is 43.9 Å². The maximum atomic E-state index is 13.0. The minimum Gasteiger partial charge on any atom is -0.479 e. The van der Waals surface area contributed by atoms with Crippen molar-refractivity contribution in [1.29, 1.82) is 0 Å². The Kier molecular flexibility index (Phi) is 6.67. The Hall–Kier alpha value is -2.64. The van der Waals surface area contributed by atoms with Crippen molar-refractivity contribution < 1.29 is 19.4 Å². The highest BCUT2D eigenvalue weighted by Gasteiger charge is 2.34. The first kappa shape index (κ1) is 22.6. The quantitative estimate of drug-likeness (QED) is 0.370. The number of hydrogen-bond acceptors (Lipinski definition) is 3. The van der Waals surface area contributed by atoms with E-state index < -0.39 is 18.1 Å². The maximum Gasteiger partial charge on any atom is 0.410 e. The summed E-state index contributed by atoms with van der Waals surface area (Å²) in [6.07, 6.45) is -0.652. The molecular formula is C25H21Br2NO4. The van der Waals surface area contributed by atoms with E-state index in [0.29, 0.717) is 10.0 Å². The number of carbonyl (C=O) groups excluding carboxylic acids is 1. The summed E-state index contributed by atoms with van der Waals surface area (Å²) in [6, 6.07) is 20.2. The fourth-order valence-corrected chi connectivity index (χ4v) is 4.88. The molecule has 1 atom stereocenters. The van der Waals surface area contributed by atoms with Crippen LogP contribution in [0.25, 0.3) is 11.1 Å². The van der Waals surface area contributed by atoms with E-state index in [1.54, 1.807) is 25.1 Å². The van der Waals surface area contributed by atoms with E-state index in [0.717, 1.165) is 26.7 Å². The van der Waals surface area contributed by atoms with E-state index in [1.807, 2.05) is 36.4 Å². The first-order valence-electron chi connectivity index (χ1n) is 10.2. The summed E-state index contributed by atoms with van der Waals surface area (Å²) in [5, 5.41) is 9.90. The Bertz CT molecular complexity index is 1130. The number of halogens is 2. The number of rotatable bonds is 6. The molecule has 0 spiro atoms. The number of likely N-dealkylation sites (N-methyl/N-ethyl adjacent to an activating group) is 1. The number of fused-ring (bicyclic) bond motifs is 3. The SMILES string of the molecule is CCN(C(=O)OCC1c2ccccc2-c2ccccc21)C(C(=O)O)c1ccc(Br)c(Br)c1. The van der Waals surface area contributed by atoms with Gasteiger partial charge in [0.2, 0.25) is 0 Å². The molecule has 1 aliphatic carbocycles. The largest absolute Gasteiger partial charge is 0.479 e. The molecule has 1 aliphatic rings. The maximum absolute atomic E-state index is 13.0. The molecule has 4 rings (SSSR count). The molecule has 32 heavy (non-hydrogen) atoms. The third-order valence-corrected chi connectivity index (χ3v) is 7.60. The number of ether oxygens (including phenoxy) is 1. The van der Waals surface area contributed by atoms with Crippen LogP contribution in [0.3, 0.4) is 0 Å². The van der Waals surface area contributed by atoms with Gasteiger partial charge in [-0.1, -0.05) is 54.6 Å². The van der Waals surface area contributed by atoms with E-state index in [1.165, 1.54) is 4.90 Å². The lowest BCUT2D eigenvalue weighted by Crippen LogP contribution is -2.39. The highest BCUT2D eigenvalue weighted by Crippen LogP contribution is 2.44. The van der Waals surface area contributed by atoms with E-state index in [2.05, 4.69) is 44.0 Å². The van der Waals surface area contributed by atoms with Crippen LogP contribution in [0.4, 0.5) is 4.79 Å². The summed E-state index contributed by atoms with van der Waals surface area (Å²) in [5.74, 6) is -1.20. The number of carboxylic acids is 1. The Balaban J connectivity index is 1.57. The molecule has 0 radical (unpaired) electrons. The molecule has 7 heteroatoms. The van der Waals surface area contributed by atoms with Crippen molar-refractivity contribution in [3.05, 3.63) is 92.4 Å². The highest BCUT2D eigenvalue weighted by molar-refractivity contribution is 9.13. The lowest BCUT2D eigenvalue weighted by Gasteiger charge is -2.28. The molecule has 0 heterocycles. The van der Waals surface area contributed by atoms with Crippen LogP contribution in [0.5, 0.6) is 0 Å². The monoisotopic (exact) mass is 557 g/mol. The molecule has 0 aromatic heterocycles. The van der Waals surface area contributed by atoms with Crippen LogP contribution in [0.1, 0.15) is 35.6 Å². The highest BCUT2D eigenvalue weighted by atomic mass is 79.9. The van der Waals surface area contributed by atoms with Crippen LogP contribution in [-0.2, 0) is 9.53 Å². The van der Waals surface area contributed by atoms with E-state index in [-0.39, 0.29) is 19.1 Å². The first-order chi connectivity index (χ1) is 15.4. The van der Waals surface area contributed by atoms with E-state index in [9.17, 15) is 14.7 Å². The van der Waals surface area contributed by atoms with Gasteiger partial charge in [0.25, 0.3) is 0 Å². The topological polar surface area (TPSA) is 66.8 Å². The molecule has 0 aliphatic heterocycles. The lowest BCUT2D eigenvalue weighted by atomic mass is 9.98. The Labute approximate surface area is 203 Å². The van der Waals surface area contributed by atoms with Crippen LogP contribution < -0.4 is 0 Å². The first-order valence-corrected chi connectivity index (χ1v) is 11.8. The molecular weight excluding hydrogens is 538 g/mol. The predicted molar refractivity (Wildman–Crippen MR) is 130 cm³/mol. The van der Waals surface area contributed by atoms with Crippen molar-refractivity contribution in [2.75, 3.05) is 13.2 Å². The molecule has 1 amide bonds. The van der Waals surface area contributed by atoms with Gasteiger partial charge in [-0.25, -0.2) is 9.59 Å². The summed E-state index contributed by atoms with van der Waals surface area (Å²) in [7, 11) is 0. The second kappa shape index (κ2) is 9.46. The molecule has 0 bridgehead atoms. The molecule has 164 valence electrons. The standard InChI is InChI=1S/C25H21Br2NO4/c1-2-28(23(24(29)30)15-11-12-21(26)22(27)13-15)25(31)32-14-20-18-9-5-3-7-16(18)17-8-4-6-10-19(17)20/h3-13,20,23H,2,14H2,1H3,(H,29,30). The average molecular weight is 559 g/mol. The van der Waals surface area contributed by atoms with Crippen LogP contribution in [0.15, 0.2) is 75.7 Å². The second-order valence-corrected chi connectivity index (χ2v) is 9.21. The smallest absolute Gasteiger partial charge is 0.410 e. The van der Waals surface area contributed by atoms with Gasteiger partial charge in [-0.2, -0.15) is 0 Å². The van der Waals surface area contributed by atoms with Crippen molar-refractivity contribution in [3.63, 3.8) is 0 Å². The Morgan fingerprint density at radius 1 is 0.969 bits per heavy atom. The second-order valence-electron chi connectivity index (χ2n) is 7.50. The van der Waals surface area contributed by atoms with Crippen LogP contribution in [0, 0.1) is 0 Å². The molecule has 3 aromatic rings. The molecule has 1 N–H and O–H groups in total. The van der Waals surface area contributed by atoms with Crippen molar-refractivity contribution in [2.45, 2.75) is 18.9 Å². The number of nitrogens with zero attached hydrogens (tertiary/aromatic N) is 1. The fourth-order valence-electron chi connectivity index (χ4n) is 4.23. The number of aliphatic carboxylic acids is 1. The third-order valence-electron chi connectivity index (χ3n) is 5.72. The molecule has 1 unspecified atom stereocenters. The number of carboxylic acid groups (broad SMARTS) is 1. The molecule has 5 nitrogen and oxygen atoms in total. The number of carbonyl (C=O) groups is 2. The van der Waals surface area contributed by atoms with Gasteiger partial charge < -0.3 is 9.84 Å². The summed E-state index contributed by atoms with van der Waals surface area (Å²) in [5.41, 5.74) is 4.98. The number of hydrogen-bond donors (Lipinski definition) is 1. The molecule has 0 saturated heterocycles. The van der Waals surface area contributed by atoms with Crippen molar-refractivity contribution in [1.82, 2.24) is 4.90 Å². The zero-order valence-electron chi connectivity index (χ0n) is 17.3. The van der Waals surface area contributed by atoms with Gasteiger partial charge in [-0.3, -0.25) is 4.90 Å². The van der Waals surface area contributed by atoms with Gasteiger partial charge in [0, 0.05) is 21.4 Å². The normalized spacial score (nSPS) is 13.2. The van der Waals surface area contributed by atoms with Crippen LogP contribution in [0.2, 0.25) is 0 Å². The van der Waals surface area contributed by atoms with E-state index >= 15 is 0 Å². The van der Waals surface area contributed by atoms with Crippen molar-refractivity contribution in [2.24, 2.45) is 0 Å². The van der Waals surface area contributed by atoms with Crippen molar-refractivity contribution in [3.8, 4) is 11.1 Å². The summed E-state index contributed by atoms with van der Waals surface area (Å²) in [4.78, 5) is 26.4. The molecule has 3 aromatic carbocycles. The van der Waals surface area contributed by atoms with Gasteiger partial charge in [-0.05, 0) is 78.7 Å². The van der Waals surface area contributed by atoms with Gasteiger partial charge in [0.05, 0.1) is 0 Å². The van der Waals surface area contributed by atoms with Gasteiger partial charge >= 0.3 is 12.1 Å². The van der Waals surface area contributed by atoms with Gasteiger partial charge in [0.15, 0.2) is 6.04 Å². The summed E-state index contributed by atoms with van der Waals surface area (Å²) in [6.45, 7) is 2.08. The number of benzene rings is 3. The minimum atomic E-state index is -1.15. The zero-order valence-corrected chi connectivity index (χ0v) is 20.5. The third kappa shape index (κ3) is 4.19. The van der Waals surface area contributed by atoms with Crippen LogP contribution in [-0.4, -0.2) is 35.2 Å². The number of amides is 1. The summed E-state index contributed by atoms with van der Waals surface area (Å²) >= 11 is 6.79. The Morgan fingerprint density at radius 3 is 2.09 bits per heavy atom. The Morgan fingerprint density at radius 2 is 1.56 bits per heavy atom. The minimum absolute atomic E-state index is 0.0878. The average Bonchev–Trinajstić information content (AvgIpc) is 3.11. The summed E-state index contributed by atoms with van der Waals surface area (Å²) < 4.78 is 7.22. The van der Waals surface area contributed by atoms with Crippen LogP contribution >= 0.6 is 31.9 Å². The van der Waals surface area contributed by atoms with Gasteiger partial charge in [0.1, 0.15) is 6.61 Å².